The van der Waals surface area contributed by atoms with E-state index in [1.165, 1.54) is 39.2 Å². The van der Waals surface area contributed by atoms with Crippen molar-refractivity contribution in [1.82, 2.24) is 14.9 Å². The summed E-state index contributed by atoms with van der Waals surface area (Å²) < 4.78 is 12.4. The van der Waals surface area contributed by atoms with Crippen LogP contribution in [-0.4, -0.2) is 40.9 Å². The van der Waals surface area contributed by atoms with Gasteiger partial charge in [-0.3, -0.25) is 4.79 Å². The number of aromatic nitrogens is 2. The highest BCUT2D eigenvalue weighted by Crippen LogP contribution is 2.28. The molecule has 1 atom stereocenters. The fourth-order valence-electron chi connectivity index (χ4n) is 3.64. The number of amides is 1. The van der Waals surface area contributed by atoms with Gasteiger partial charge in [0.1, 0.15) is 5.60 Å². The van der Waals surface area contributed by atoms with Gasteiger partial charge in [0, 0.05) is 25.2 Å². The molecule has 0 radical (unpaired) electrons. The number of nitrogens with zero attached hydrogens (tertiary/aromatic N) is 2. The summed E-state index contributed by atoms with van der Waals surface area (Å²) in [5.41, 5.74) is 0.400. The third kappa shape index (κ3) is 7.52. The van der Waals surface area contributed by atoms with E-state index >= 15 is 0 Å². The number of alkyl carbamates (subject to hydrolysis) is 1. The molecule has 1 aromatic heterocycles. The molecule has 1 heterocycles. The van der Waals surface area contributed by atoms with Crippen LogP contribution in [0.25, 0.3) is 0 Å². The Balaban J connectivity index is 1.82. The van der Waals surface area contributed by atoms with Gasteiger partial charge in [-0.25, -0.2) is 9.78 Å². The number of rotatable bonds is 8. The van der Waals surface area contributed by atoms with Crippen molar-refractivity contribution in [2.24, 2.45) is 5.92 Å². The van der Waals surface area contributed by atoms with Crippen LogP contribution < -0.4 is 5.32 Å². The van der Waals surface area contributed by atoms with Gasteiger partial charge in [-0.05, 0) is 46.5 Å². The van der Waals surface area contributed by atoms with E-state index in [1.807, 2.05) is 27.1 Å². The van der Waals surface area contributed by atoms with Crippen LogP contribution in [0, 0.1) is 5.92 Å². The maximum Gasteiger partial charge on any atom is 0.407 e. The second-order valence-electron chi connectivity index (χ2n) is 8.60. The van der Waals surface area contributed by atoms with E-state index < -0.39 is 11.7 Å². The number of esters is 1. The molecular weight excluding hydrogens is 358 g/mol. The van der Waals surface area contributed by atoms with E-state index in [2.05, 4.69) is 21.1 Å². The molecule has 0 saturated heterocycles. The van der Waals surface area contributed by atoms with Crippen LogP contribution in [0.3, 0.4) is 0 Å². The molecule has 2 rings (SSSR count). The molecule has 1 fully saturated rings. The minimum absolute atomic E-state index is 0.232. The van der Waals surface area contributed by atoms with E-state index in [4.69, 9.17) is 9.47 Å². The molecule has 0 unspecified atom stereocenters. The number of hydrogen-bond donors (Lipinski definition) is 1. The average molecular weight is 394 g/mol. The molecule has 1 amide bonds. The molecule has 0 spiro atoms. The fourth-order valence-corrected chi connectivity index (χ4v) is 3.64. The lowest BCUT2D eigenvalue weighted by Crippen LogP contribution is -2.33. The Morgan fingerprint density at radius 1 is 1.29 bits per heavy atom. The summed E-state index contributed by atoms with van der Waals surface area (Å²) in [4.78, 5) is 28.4. The maximum atomic E-state index is 12.2. The first-order valence-corrected chi connectivity index (χ1v) is 10.4. The van der Waals surface area contributed by atoms with E-state index in [1.54, 1.807) is 0 Å². The molecule has 7 nitrogen and oxygen atoms in total. The van der Waals surface area contributed by atoms with Crippen molar-refractivity contribution in [3.05, 3.63) is 18.2 Å². The van der Waals surface area contributed by atoms with Crippen molar-refractivity contribution in [1.29, 1.82) is 0 Å². The summed E-state index contributed by atoms with van der Waals surface area (Å²) in [6.07, 6.45) is 11.6. The Kier molecular flexibility index (Phi) is 8.33. The van der Waals surface area contributed by atoms with Gasteiger partial charge >= 0.3 is 12.1 Å². The lowest BCUT2D eigenvalue weighted by atomic mass is 9.95. The lowest BCUT2D eigenvalue weighted by Gasteiger charge is -2.22. The van der Waals surface area contributed by atoms with Crippen molar-refractivity contribution in [2.75, 3.05) is 13.7 Å². The lowest BCUT2D eigenvalue weighted by molar-refractivity contribution is -0.145. The summed E-state index contributed by atoms with van der Waals surface area (Å²) >= 11 is 0. The Morgan fingerprint density at radius 3 is 2.64 bits per heavy atom. The summed E-state index contributed by atoms with van der Waals surface area (Å²) in [7, 11) is 1.41. The molecule has 28 heavy (non-hydrogen) atoms. The van der Waals surface area contributed by atoms with E-state index in [0.29, 0.717) is 31.8 Å². The van der Waals surface area contributed by atoms with Crippen LogP contribution in [0.5, 0.6) is 0 Å². The van der Waals surface area contributed by atoms with Crippen molar-refractivity contribution in [3.8, 4) is 0 Å². The van der Waals surface area contributed by atoms with Gasteiger partial charge in [-0.1, -0.05) is 19.3 Å². The molecule has 7 heteroatoms. The second-order valence-corrected chi connectivity index (χ2v) is 8.60. The normalized spacial score (nSPS) is 16.4. The first kappa shape index (κ1) is 22.2. The highest BCUT2D eigenvalue weighted by atomic mass is 16.6. The zero-order chi connectivity index (χ0) is 20.6. The fraction of sp³-hybridized carbons (Fsp3) is 0.762. The first-order valence-electron chi connectivity index (χ1n) is 10.4. The monoisotopic (exact) mass is 393 g/mol. The Bertz CT molecular complexity index is 630. The summed E-state index contributed by atoms with van der Waals surface area (Å²) in [5.74, 6) is -0.496. The largest absolute Gasteiger partial charge is 0.469 e. The number of ether oxygens (including phenoxy) is 2. The predicted octanol–water partition coefficient (Wildman–Crippen LogP) is 4.02. The summed E-state index contributed by atoms with van der Waals surface area (Å²) in [5, 5.41) is 2.73. The molecule has 158 valence electrons. The van der Waals surface area contributed by atoms with E-state index in [9.17, 15) is 9.59 Å². The number of nitrogens with one attached hydrogen (secondary N) is 1. The number of hydrogen-bond acceptors (Lipinski definition) is 5. The van der Waals surface area contributed by atoms with Gasteiger partial charge in [-0.15, -0.1) is 0 Å². The third-order valence-electron chi connectivity index (χ3n) is 5.04. The van der Waals surface area contributed by atoms with Crippen LogP contribution in [0.15, 0.2) is 12.5 Å². The Morgan fingerprint density at radius 2 is 2.00 bits per heavy atom. The molecule has 1 aliphatic rings. The molecule has 1 aliphatic carbocycles. The predicted molar refractivity (Wildman–Crippen MR) is 107 cm³/mol. The van der Waals surface area contributed by atoms with E-state index in [0.717, 1.165) is 5.69 Å². The van der Waals surface area contributed by atoms with Crippen molar-refractivity contribution < 1.29 is 19.1 Å². The minimum atomic E-state index is -0.518. The van der Waals surface area contributed by atoms with Crippen LogP contribution >= 0.6 is 0 Å². The molecule has 1 aromatic rings. The van der Waals surface area contributed by atoms with Gasteiger partial charge in [0.2, 0.25) is 0 Å². The van der Waals surface area contributed by atoms with Gasteiger partial charge in [0.05, 0.1) is 25.0 Å². The van der Waals surface area contributed by atoms with E-state index in [-0.39, 0.29) is 11.9 Å². The quantitative estimate of drug-likeness (QED) is 0.533. The van der Waals surface area contributed by atoms with Crippen LogP contribution in [0.2, 0.25) is 0 Å². The molecule has 1 N–H and O–H groups in total. The zero-order valence-corrected chi connectivity index (χ0v) is 17.7. The van der Waals surface area contributed by atoms with Crippen molar-refractivity contribution >= 4 is 12.1 Å². The van der Waals surface area contributed by atoms with Crippen LogP contribution in [-0.2, 0) is 20.7 Å². The van der Waals surface area contributed by atoms with Crippen LogP contribution in [0.4, 0.5) is 4.79 Å². The third-order valence-corrected chi connectivity index (χ3v) is 5.04. The Labute approximate surface area is 168 Å². The van der Waals surface area contributed by atoms with Crippen LogP contribution in [0.1, 0.15) is 77.5 Å². The number of methoxy groups -OCH3 is 1. The molecule has 0 aromatic carbocycles. The topological polar surface area (TPSA) is 82.5 Å². The molecular formula is C21H35N3O4. The zero-order valence-electron chi connectivity index (χ0n) is 17.7. The number of carbonyl (C=O) groups is 2. The highest BCUT2D eigenvalue weighted by molar-refractivity contribution is 5.72. The smallest absolute Gasteiger partial charge is 0.407 e. The van der Waals surface area contributed by atoms with Gasteiger partial charge in [0.25, 0.3) is 0 Å². The number of carbonyl (C=O) groups excluding carboxylic acids is 2. The summed E-state index contributed by atoms with van der Waals surface area (Å²) in [6.45, 7) is 5.93. The summed E-state index contributed by atoms with van der Waals surface area (Å²) in [6, 6.07) is 0.532. The van der Waals surface area contributed by atoms with Gasteiger partial charge in [0.15, 0.2) is 0 Å². The van der Waals surface area contributed by atoms with Crippen molar-refractivity contribution in [3.63, 3.8) is 0 Å². The molecule has 1 saturated carbocycles. The van der Waals surface area contributed by atoms with Gasteiger partial charge < -0.3 is 19.4 Å². The molecule has 0 bridgehead atoms. The van der Waals surface area contributed by atoms with Gasteiger partial charge in [-0.2, -0.15) is 0 Å². The SMILES string of the molecule is COC(=O)[C@@H](CCCNC(=O)OC(C)(C)C)Cc1cn(C2CCCCC2)cn1. The Hall–Kier alpha value is -2.05. The van der Waals surface area contributed by atoms with Crippen molar-refractivity contribution in [2.45, 2.75) is 83.8 Å². The first-order chi connectivity index (χ1) is 13.3. The maximum absolute atomic E-state index is 12.2. The second kappa shape index (κ2) is 10.5. The number of imidazole rings is 1. The standard InChI is InChI=1S/C21H35N3O4/c1-21(2,3)28-20(26)22-12-8-9-16(19(25)27-4)13-17-14-24(15-23-17)18-10-6-5-7-11-18/h14-16,18H,5-13H2,1-4H3,(H,22,26)/t16-/m0/s1. The minimum Gasteiger partial charge on any atom is -0.469 e. The average Bonchev–Trinajstić information content (AvgIpc) is 3.11. The molecule has 0 aliphatic heterocycles. The highest BCUT2D eigenvalue weighted by Gasteiger charge is 2.22.